The van der Waals surface area contributed by atoms with Gasteiger partial charge in [0.2, 0.25) is 0 Å². The lowest BCUT2D eigenvalue weighted by Crippen LogP contribution is -2.28. The van der Waals surface area contributed by atoms with E-state index in [4.69, 9.17) is 9.47 Å². The summed E-state index contributed by atoms with van der Waals surface area (Å²) in [5.41, 5.74) is 0. The van der Waals surface area contributed by atoms with Gasteiger partial charge >= 0.3 is 11.9 Å². The highest BCUT2D eigenvalue weighted by molar-refractivity contribution is 5.70. The van der Waals surface area contributed by atoms with Crippen LogP contribution < -0.4 is 0 Å². The summed E-state index contributed by atoms with van der Waals surface area (Å²) in [7, 11) is 0. The van der Waals surface area contributed by atoms with E-state index >= 15 is 0 Å². The molecule has 0 amide bonds. The average Bonchev–Trinajstić information content (AvgIpc) is 2.74. The number of ether oxygens (including phenoxy) is 2. The molecule has 0 rings (SSSR count). The van der Waals surface area contributed by atoms with Gasteiger partial charge in [0.05, 0.1) is 6.61 Å². The maximum absolute atomic E-state index is 11.9. The number of carbonyl (C=O) groups is 2. The quantitative estimate of drug-likeness (QED) is 0.157. The largest absolute Gasteiger partial charge is 0.462 e. The SMILES string of the molecule is CCCCCCCCCCCCCC(=O)OC(CO)COC(=O)CCCCCCC. The molecule has 0 aromatic heterocycles. The molecule has 30 heavy (non-hydrogen) atoms. The monoisotopic (exact) mass is 428 g/mol. The highest BCUT2D eigenvalue weighted by atomic mass is 16.6. The summed E-state index contributed by atoms with van der Waals surface area (Å²) in [5, 5.41) is 9.35. The van der Waals surface area contributed by atoms with Gasteiger partial charge in [-0.15, -0.1) is 0 Å². The molecule has 0 aliphatic carbocycles. The molecule has 0 aliphatic rings. The number of hydrogen-bond donors (Lipinski definition) is 1. The number of carbonyl (C=O) groups excluding carboxylic acids is 2. The summed E-state index contributed by atoms with van der Waals surface area (Å²) in [5.74, 6) is -0.605. The highest BCUT2D eigenvalue weighted by Crippen LogP contribution is 2.12. The Bertz CT molecular complexity index is 397. The first-order valence-electron chi connectivity index (χ1n) is 12.6. The van der Waals surface area contributed by atoms with Crippen molar-refractivity contribution in [1.82, 2.24) is 0 Å². The van der Waals surface area contributed by atoms with Crippen molar-refractivity contribution >= 4 is 11.9 Å². The molecule has 0 spiro atoms. The van der Waals surface area contributed by atoms with Crippen LogP contribution in [0, 0.1) is 0 Å². The molecular formula is C25H48O5. The van der Waals surface area contributed by atoms with Crippen LogP contribution in [0.2, 0.25) is 0 Å². The van der Waals surface area contributed by atoms with Crippen molar-refractivity contribution in [2.75, 3.05) is 13.2 Å². The van der Waals surface area contributed by atoms with Gasteiger partial charge < -0.3 is 14.6 Å². The number of hydrogen-bond acceptors (Lipinski definition) is 5. The molecule has 178 valence electrons. The third-order valence-electron chi connectivity index (χ3n) is 5.40. The van der Waals surface area contributed by atoms with Gasteiger partial charge in [-0.2, -0.15) is 0 Å². The third-order valence-corrected chi connectivity index (χ3v) is 5.40. The Morgan fingerprint density at radius 1 is 0.633 bits per heavy atom. The van der Waals surface area contributed by atoms with Crippen LogP contribution in [0.3, 0.4) is 0 Å². The Kier molecular flexibility index (Phi) is 21.8. The first kappa shape index (κ1) is 28.9. The maximum Gasteiger partial charge on any atom is 0.306 e. The molecule has 0 saturated carbocycles. The van der Waals surface area contributed by atoms with Crippen LogP contribution in [0.1, 0.15) is 129 Å². The summed E-state index contributed by atoms with van der Waals surface area (Å²) < 4.78 is 10.4. The van der Waals surface area contributed by atoms with Crippen molar-refractivity contribution in [1.29, 1.82) is 0 Å². The standard InChI is InChI=1S/C25H48O5/c1-3-5-7-9-10-11-12-13-14-16-18-20-25(28)30-23(21-26)22-29-24(27)19-17-15-8-6-4-2/h23,26H,3-22H2,1-2H3. The molecule has 0 saturated heterocycles. The second-order valence-corrected chi connectivity index (χ2v) is 8.43. The van der Waals surface area contributed by atoms with Crippen LogP contribution in [0.5, 0.6) is 0 Å². The third kappa shape index (κ3) is 20.2. The van der Waals surface area contributed by atoms with Crippen molar-refractivity contribution < 1.29 is 24.2 Å². The fraction of sp³-hybridized carbons (Fsp3) is 0.920. The second-order valence-electron chi connectivity index (χ2n) is 8.43. The number of aliphatic hydroxyl groups excluding tert-OH is 1. The molecule has 0 aromatic rings. The molecule has 5 heteroatoms. The van der Waals surface area contributed by atoms with Crippen LogP contribution in [-0.2, 0) is 19.1 Å². The zero-order valence-corrected chi connectivity index (χ0v) is 19.8. The van der Waals surface area contributed by atoms with Gasteiger partial charge in [-0.05, 0) is 12.8 Å². The van der Waals surface area contributed by atoms with Gasteiger partial charge in [-0.1, -0.05) is 104 Å². The summed E-state index contributed by atoms with van der Waals surface area (Å²) >= 11 is 0. The van der Waals surface area contributed by atoms with E-state index in [0.717, 1.165) is 38.5 Å². The Morgan fingerprint density at radius 2 is 1.03 bits per heavy atom. The maximum atomic E-state index is 11.9. The molecule has 1 N–H and O–H groups in total. The molecular weight excluding hydrogens is 380 g/mol. The molecule has 0 aliphatic heterocycles. The van der Waals surface area contributed by atoms with Gasteiger partial charge in [0, 0.05) is 12.8 Å². The molecule has 1 atom stereocenters. The normalized spacial score (nSPS) is 12.0. The van der Waals surface area contributed by atoms with Crippen molar-refractivity contribution in [3.63, 3.8) is 0 Å². The van der Waals surface area contributed by atoms with Gasteiger partial charge in [-0.25, -0.2) is 0 Å². The first-order valence-corrected chi connectivity index (χ1v) is 12.6. The second kappa shape index (κ2) is 22.6. The van der Waals surface area contributed by atoms with Crippen LogP contribution >= 0.6 is 0 Å². The smallest absolute Gasteiger partial charge is 0.306 e. The molecule has 1 unspecified atom stereocenters. The summed E-state index contributed by atoms with van der Waals surface area (Å²) in [6.45, 7) is 4.01. The zero-order valence-electron chi connectivity index (χ0n) is 19.8. The highest BCUT2D eigenvalue weighted by Gasteiger charge is 2.16. The predicted molar refractivity (Wildman–Crippen MR) is 122 cm³/mol. The van der Waals surface area contributed by atoms with Crippen LogP contribution in [0.25, 0.3) is 0 Å². The van der Waals surface area contributed by atoms with Crippen LogP contribution in [0.4, 0.5) is 0 Å². The van der Waals surface area contributed by atoms with E-state index in [0.29, 0.717) is 12.8 Å². The van der Waals surface area contributed by atoms with E-state index in [-0.39, 0.29) is 25.2 Å². The number of rotatable bonds is 22. The molecule has 5 nitrogen and oxygen atoms in total. The summed E-state index contributed by atoms with van der Waals surface area (Å²) in [4.78, 5) is 23.6. The van der Waals surface area contributed by atoms with E-state index in [2.05, 4.69) is 13.8 Å². The zero-order chi connectivity index (χ0) is 22.3. The van der Waals surface area contributed by atoms with Crippen molar-refractivity contribution in [3.8, 4) is 0 Å². The van der Waals surface area contributed by atoms with Crippen molar-refractivity contribution in [2.24, 2.45) is 0 Å². The van der Waals surface area contributed by atoms with Crippen molar-refractivity contribution in [3.05, 3.63) is 0 Å². The van der Waals surface area contributed by atoms with Gasteiger partial charge in [0.1, 0.15) is 6.61 Å². The topological polar surface area (TPSA) is 72.8 Å². The Balaban J connectivity index is 3.60. The van der Waals surface area contributed by atoms with Crippen LogP contribution in [-0.4, -0.2) is 36.4 Å². The lowest BCUT2D eigenvalue weighted by molar-refractivity contribution is -0.161. The lowest BCUT2D eigenvalue weighted by atomic mass is 10.1. The predicted octanol–water partition coefficient (Wildman–Crippen LogP) is 6.50. The molecule has 0 aromatic carbocycles. The van der Waals surface area contributed by atoms with Gasteiger partial charge in [0.15, 0.2) is 6.10 Å². The Morgan fingerprint density at radius 3 is 1.47 bits per heavy atom. The minimum atomic E-state index is -0.755. The Hall–Kier alpha value is -1.10. The van der Waals surface area contributed by atoms with E-state index in [9.17, 15) is 14.7 Å². The van der Waals surface area contributed by atoms with E-state index in [1.807, 2.05) is 0 Å². The van der Waals surface area contributed by atoms with Gasteiger partial charge in [-0.3, -0.25) is 9.59 Å². The van der Waals surface area contributed by atoms with E-state index in [1.54, 1.807) is 0 Å². The minimum Gasteiger partial charge on any atom is -0.462 e. The molecule has 0 radical (unpaired) electrons. The van der Waals surface area contributed by atoms with Crippen molar-refractivity contribution in [2.45, 2.75) is 136 Å². The summed E-state index contributed by atoms with van der Waals surface area (Å²) in [6, 6.07) is 0. The van der Waals surface area contributed by atoms with E-state index < -0.39 is 6.10 Å². The fourth-order valence-corrected chi connectivity index (χ4v) is 3.43. The molecule has 0 fully saturated rings. The lowest BCUT2D eigenvalue weighted by Gasteiger charge is -2.15. The van der Waals surface area contributed by atoms with Gasteiger partial charge in [0.25, 0.3) is 0 Å². The Labute approximate surface area is 185 Å². The average molecular weight is 429 g/mol. The minimum absolute atomic E-state index is 0.0612. The number of esters is 2. The van der Waals surface area contributed by atoms with E-state index in [1.165, 1.54) is 64.2 Å². The first-order chi connectivity index (χ1) is 14.6. The number of unbranched alkanes of at least 4 members (excludes halogenated alkanes) is 14. The summed E-state index contributed by atoms with van der Waals surface area (Å²) in [6.07, 6.45) is 18.9. The molecule has 0 heterocycles. The van der Waals surface area contributed by atoms with Crippen LogP contribution in [0.15, 0.2) is 0 Å². The fourth-order valence-electron chi connectivity index (χ4n) is 3.43. The molecule has 0 bridgehead atoms. The number of aliphatic hydroxyl groups is 1.